The van der Waals surface area contributed by atoms with Crippen LogP contribution in [-0.2, 0) is 9.53 Å². The second kappa shape index (κ2) is 8.25. The van der Waals surface area contributed by atoms with Gasteiger partial charge in [0.2, 0.25) is 0 Å². The molecule has 2 aromatic rings. The molecule has 1 amide bonds. The van der Waals surface area contributed by atoms with Crippen molar-refractivity contribution in [2.45, 2.75) is 13.0 Å². The Morgan fingerprint density at radius 2 is 1.92 bits per heavy atom. The number of carbonyl (C=O) groups is 2. The molecule has 7 nitrogen and oxygen atoms in total. The summed E-state index contributed by atoms with van der Waals surface area (Å²) in [4.78, 5) is 33.9. The standard InChI is InChI=1S/C17H15ClN2O5/c1-11(12-5-3-2-4-6-12)19-16(21)10-25-17(22)14-8-7-13(20(23)24)9-15(14)18/h2-9,11H,10H2,1H3,(H,19,21). The maximum atomic E-state index is 12.0. The molecule has 1 N–H and O–H groups in total. The average molecular weight is 363 g/mol. The summed E-state index contributed by atoms with van der Waals surface area (Å²) in [6.45, 7) is 1.32. The third-order valence-corrected chi connectivity index (χ3v) is 3.71. The molecule has 0 aliphatic heterocycles. The topological polar surface area (TPSA) is 98.5 Å². The predicted molar refractivity (Wildman–Crippen MR) is 91.4 cm³/mol. The van der Waals surface area contributed by atoms with Gasteiger partial charge in [-0.1, -0.05) is 41.9 Å². The number of halogens is 1. The lowest BCUT2D eigenvalue weighted by Crippen LogP contribution is -2.31. The Bertz CT molecular complexity index is 795. The van der Waals surface area contributed by atoms with Crippen molar-refractivity contribution in [3.8, 4) is 0 Å². The van der Waals surface area contributed by atoms with E-state index in [1.807, 2.05) is 37.3 Å². The normalized spacial score (nSPS) is 11.4. The number of benzene rings is 2. The third kappa shape index (κ3) is 5.02. The van der Waals surface area contributed by atoms with Gasteiger partial charge in [-0.05, 0) is 18.6 Å². The highest BCUT2D eigenvalue weighted by atomic mass is 35.5. The number of carbonyl (C=O) groups excluding carboxylic acids is 2. The number of nitro groups is 1. The molecule has 0 aliphatic carbocycles. The Kier molecular flexibility index (Phi) is 6.08. The van der Waals surface area contributed by atoms with E-state index < -0.39 is 23.4 Å². The van der Waals surface area contributed by atoms with Crippen LogP contribution in [0, 0.1) is 10.1 Å². The fourth-order valence-corrected chi connectivity index (χ4v) is 2.35. The molecule has 1 unspecified atom stereocenters. The number of hydrogen-bond donors (Lipinski definition) is 1. The van der Waals surface area contributed by atoms with Gasteiger partial charge in [-0.3, -0.25) is 14.9 Å². The van der Waals surface area contributed by atoms with Gasteiger partial charge in [0.25, 0.3) is 11.6 Å². The van der Waals surface area contributed by atoms with Gasteiger partial charge >= 0.3 is 5.97 Å². The van der Waals surface area contributed by atoms with Crippen molar-refractivity contribution in [3.63, 3.8) is 0 Å². The summed E-state index contributed by atoms with van der Waals surface area (Å²) >= 11 is 5.84. The second-order valence-electron chi connectivity index (χ2n) is 5.20. The maximum absolute atomic E-state index is 12.0. The molecule has 0 heterocycles. The lowest BCUT2D eigenvalue weighted by Gasteiger charge is -2.14. The van der Waals surface area contributed by atoms with E-state index in [0.29, 0.717) is 0 Å². The molecule has 2 rings (SSSR count). The van der Waals surface area contributed by atoms with Crippen LogP contribution in [0.5, 0.6) is 0 Å². The fourth-order valence-electron chi connectivity index (χ4n) is 2.10. The highest BCUT2D eigenvalue weighted by molar-refractivity contribution is 6.33. The van der Waals surface area contributed by atoms with Crippen LogP contribution >= 0.6 is 11.6 Å². The number of esters is 1. The summed E-state index contributed by atoms with van der Waals surface area (Å²) in [7, 11) is 0. The van der Waals surface area contributed by atoms with E-state index in [0.717, 1.165) is 17.7 Å². The van der Waals surface area contributed by atoms with E-state index in [2.05, 4.69) is 5.32 Å². The van der Waals surface area contributed by atoms with Crippen LogP contribution in [0.2, 0.25) is 5.02 Å². The SMILES string of the molecule is CC(NC(=O)COC(=O)c1ccc([N+](=O)[O-])cc1Cl)c1ccccc1. The van der Waals surface area contributed by atoms with Crippen molar-refractivity contribution in [1.82, 2.24) is 5.32 Å². The maximum Gasteiger partial charge on any atom is 0.340 e. The van der Waals surface area contributed by atoms with Crippen LogP contribution < -0.4 is 5.32 Å². The van der Waals surface area contributed by atoms with Crippen LogP contribution in [0.4, 0.5) is 5.69 Å². The molecule has 25 heavy (non-hydrogen) atoms. The lowest BCUT2D eigenvalue weighted by molar-refractivity contribution is -0.384. The molecule has 0 aromatic heterocycles. The predicted octanol–water partition coefficient (Wildman–Crippen LogP) is 3.28. The zero-order chi connectivity index (χ0) is 18.4. The molecule has 8 heteroatoms. The van der Waals surface area contributed by atoms with Gasteiger partial charge in [0.05, 0.1) is 21.6 Å². The monoisotopic (exact) mass is 362 g/mol. The molecular formula is C17H15ClN2O5. The molecule has 1 atom stereocenters. The van der Waals surface area contributed by atoms with Gasteiger partial charge in [-0.2, -0.15) is 0 Å². The molecule has 0 radical (unpaired) electrons. The van der Waals surface area contributed by atoms with Crippen molar-refractivity contribution in [1.29, 1.82) is 0 Å². The first kappa shape index (κ1) is 18.4. The fraction of sp³-hybridized carbons (Fsp3) is 0.176. The second-order valence-corrected chi connectivity index (χ2v) is 5.60. The first-order valence-electron chi connectivity index (χ1n) is 7.34. The van der Waals surface area contributed by atoms with E-state index in [4.69, 9.17) is 16.3 Å². The molecular weight excluding hydrogens is 348 g/mol. The summed E-state index contributed by atoms with van der Waals surface area (Å²) in [5.74, 6) is -1.30. The molecule has 0 saturated carbocycles. The van der Waals surface area contributed by atoms with Gasteiger partial charge in [-0.15, -0.1) is 0 Å². The summed E-state index contributed by atoms with van der Waals surface area (Å²) in [6, 6.07) is 12.5. The number of ether oxygens (including phenoxy) is 1. The van der Waals surface area contributed by atoms with Gasteiger partial charge < -0.3 is 10.1 Å². The van der Waals surface area contributed by atoms with Crippen molar-refractivity contribution >= 4 is 29.2 Å². The van der Waals surface area contributed by atoms with Crippen LogP contribution in [0.1, 0.15) is 28.9 Å². The van der Waals surface area contributed by atoms with Crippen molar-refractivity contribution < 1.29 is 19.2 Å². The van der Waals surface area contributed by atoms with Crippen molar-refractivity contribution in [2.24, 2.45) is 0 Å². The van der Waals surface area contributed by atoms with Gasteiger partial charge in [0.1, 0.15) is 0 Å². The summed E-state index contributed by atoms with van der Waals surface area (Å²) in [6.07, 6.45) is 0. The van der Waals surface area contributed by atoms with Gasteiger partial charge in [0.15, 0.2) is 6.61 Å². The Balaban J connectivity index is 1.91. The van der Waals surface area contributed by atoms with E-state index in [9.17, 15) is 19.7 Å². The van der Waals surface area contributed by atoms with Crippen LogP contribution in [0.3, 0.4) is 0 Å². The number of hydrogen-bond acceptors (Lipinski definition) is 5. The number of amides is 1. The Morgan fingerprint density at radius 1 is 1.24 bits per heavy atom. The third-order valence-electron chi connectivity index (χ3n) is 3.39. The molecule has 2 aromatic carbocycles. The van der Waals surface area contributed by atoms with Gasteiger partial charge in [-0.25, -0.2) is 4.79 Å². The average Bonchev–Trinajstić information content (AvgIpc) is 2.60. The quantitative estimate of drug-likeness (QED) is 0.483. The van der Waals surface area contributed by atoms with E-state index in [1.54, 1.807) is 0 Å². The van der Waals surface area contributed by atoms with E-state index in [-0.39, 0.29) is 22.3 Å². The first-order chi connectivity index (χ1) is 11.9. The lowest BCUT2D eigenvalue weighted by atomic mass is 10.1. The highest BCUT2D eigenvalue weighted by Gasteiger charge is 2.18. The molecule has 0 spiro atoms. The summed E-state index contributed by atoms with van der Waals surface area (Å²) < 4.78 is 4.90. The molecule has 130 valence electrons. The minimum Gasteiger partial charge on any atom is -0.452 e. The number of nitrogens with zero attached hydrogens (tertiary/aromatic N) is 1. The minimum atomic E-state index is -0.831. The highest BCUT2D eigenvalue weighted by Crippen LogP contribution is 2.23. The number of nitrogens with one attached hydrogen (secondary N) is 1. The Morgan fingerprint density at radius 3 is 2.52 bits per heavy atom. The molecule has 0 saturated heterocycles. The number of non-ortho nitro benzene ring substituents is 1. The Labute approximate surface area is 148 Å². The van der Waals surface area contributed by atoms with E-state index >= 15 is 0 Å². The summed E-state index contributed by atoms with van der Waals surface area (Å²) in [5.41, 5.74) is 0.632. The number of rotatable bonds is 6. The minimum absolute atomic E-state index is 0.0452. The summed E-state index contributed by atoms with van der Waals surface area (Å²) in [5, 5.41) is 13.2. The molecule has 0 bridgehead atoms. The van der Waals surface area contributed by atoms with E-state index in [1.165, 1.54) is 6.07 Å². The zero-order valence-corrected chi connectivity index (χ0v) is 14.0. The smallest absolute Gasteiger partial charge is 0.340 e. The van der Waals surface area contributed by atoms with Gasteiger partial charge in [0, 0.05) is 12.1 Å². The number of nitro benzene ring substituents is 1. The van der Waals surface area contributed by atoms with Crippen molar-refractivity contribution in [2.75, 3.05) is 6.61 Å². The van der Waals surface area contributed by atoms with Crippen LogP contribution in [0.25, 0.3) is 0 Å². The van der Waals surface area contributed by atoms with Crippen LogP contribution in [-0.4, -0.2) is 23.4 Å². The first-order valence-corrected chi connectivity index (χ1v) is 7.71. The zero-order valence-electron chi connectivity index (χ0n) is 13.3. The van der Waals surface area contributed by atoms with Crippen LogP contribution in [0.15, 0.2) is 48.5 Å². The Hall–Kier alpha value is -2.93. The molecule has 0 fully saturated rings. The van der Waals surface area contributed by atoms with Crippen molar-refractivity contribution in [3.05, 3.63) is 74.8 Å². The molecule has 0 aliphatic rings. The largest absolute Gasteiger partial charge is 0.452 e.